The fourth-order valence-electron chi connectivity index (χ4n) is 1.96. The lowest BCUT2D eigenvalue weighted by Gasteiger charge is -2.17. The summed E-state index contributed by atoms with van der Waals surface area (Å²) in [6.45, 7) is 3.40. The SMILES string of the molecule is Cc1cccc(-c2nnc(CN(CCO)CCO)o2)c1. The summed E-state index contributed by atoms with van der Waals surface area (Å²) in [6.07, 6.45) is 0. The highest BCUT2D eigenvalue weighted by Gasteiger charge is 2.12. The predicted molar refractivity (Wildman–Crippen MR) is 73.9 cm³/mol. The first-order chi connectivity index (χ1) is 9.72. The molecule has 0 spiro atoms. The number of hydrogen-bond donors (Lipinski definition) is 2. The Morgan fingerprint density at radius 3 is 2.55 bits per heavy atom. The molecule has 1 heterocycles. The molecule has 2 rings (SSSR count). The molecular weight excluding hydrogens is 258 g/mol. The largest absolute Gasteiger partial charge is 0.419 e. The van der Waals surface area contributed by atoms with Crippen molar-refractivity contribution in [3.8, 4) is 11.5 Å². The van der Waals surface area contributed by atoms with Crippen molar-refractivity contribution in [1.29, 1.82) is 0 Å². The average Bonchev–Trinajstić information content (AvgIpc) is 2.88. The molecule has 6 heteroatoms. The number of aromatic nitrogens is 2. The van der Waals surface area contributed by atoms with Crippen molar-refractivity contribution < 1.29 is 14.6 Å². The molecule has 0 aliphatic rings. The Morgan fingerprint density at radius 2 is 1.90 bits per heavy atom. The first-order valence-electron chi connectivity index (χ1n) is 6.56. The Kier molecular flexibility index (Phi) is 5.23. The van der Waals surface area contributed by atoms with Crippen molar-refractivity contribution in [3.05, 3.63) is 35.7 Å². The molecular formula is C14H19N3O3. The summed E-state index contributed by atoms with van der Waals surface area (Å²) in [5, 5.41) is 26.0. The molecule has 0 fully saturated rings. The minimum Gasteiger partial charge on any atom is -0.419 e. The van der Waals surface area contributed by atoms with Gasteiger partial charge >= 0.3 is 0 Å². The van der Waals surface area contributed by atoms with Crippen molar-refractivity contribution in [1.82, 2.24) is 15.1 Å². The third kappa shape index (κ3) is 3.86. The van der Waals surface area contributed by atoms with Crippen LogP contribution in [0.15, 0.2) is 28.7 Å². The monoisotopic (exact) mass is 277 g/mol. The molecule has 6 nitrogen and oxygen atoms in total. The van der Waals surface area contributed by atoms with E-state index in [1.165, 1.54) is 0 Å². The van der Waals surface area contributed by atoms with Gasteiger partial charge < -0.3 is 14.6 Å². The third-order valence-corrected chi connectivity index (χ3v) is 2.92. The molecule has 0 saturated carbocycles. The molecule has 2 aromatic rings. The molecule has 0 radical (unpaired) electrons. The normalized spacial score (nSPS) is 11.2. The van der Waals surface area contributed by atoms with Gasteiger partial charge in [-0.1, -0.05) is 17.7 Å². The molecule has 0 saturated heterocycles. The quantitative estimate of drug-likeness (QED) is 0.780. The zero-order valence-corrected chi connectivity index (χ0v) is 11.5. The van der Waals surface area contributed by atoms with Gasteiger partial charge in [-0.05, 0) is 19.1 Å². The van der Waals surface area contributed by atoms with E-state index in [0.717, 1.165) is 11.1 Å². The van der Waals surface area contributed by atoms with E-state index in [2.05, 4.69) is 10.2 Å². The molecule has 0 aliphatic carbocycles. The standard InChI is InChI=1S/C14H19N3O3/c1-11-3-2-4-12(9-11)14-16-15-13(20-14)10-17(5-7-18)6-8-19/h2-4,9,18-19H,5-8,10H2,1H3. The van der Waals surface area contributed by atoms with E-state index < -0.39 is 0 Å². The molecule has 1 aromatic carbocycles. The summed E-state index contributed by atoms with van der Waals surface area (Å²) >= 11 is 0. The van der Waals surface area contributed by atoms with Gasteiger partial charge in [-0.3, -0.25) is 4.90 Å². The first-order valence-corrected chi connectivity index (χ1v) is 6.56. The molecule has 0 aliphatic heterocycles. The highest BCUT2D eigenvalue weighted by Crippen LogP contribution is 2.19. The van der Waals surface area contributed by atoms with Crippen molar-refractivity contribution in [2.24, 2.45) is 0 Å². The van der Waals surface area contributed by atoms with Gasteiger partial charge in [0.1, 0.15) is 0 Å². The second-order valence-electron chi connectivity index (χ2n) is 4.59. The van der Waals surface area contributed by atoms with E-state index >= 15 is 0 Å². The summed E-state index contributed by atoms with van der Waals surface area (Å²) in [5.74, 6) is 0.958. The number of hydrogen-bond acceptors (Lipinski definition) is 6. The molecule has 0 bridgehead atoms. The van der Waals surface area contributed by atoms with Crippen molar-refractivity contribution >= 4 is 0 Å². The number of benzene rings is 1. The fourth-order valence-corrected chi connectivity index (χ4v) is 1.96. The zero-order valence-electron chi connectivity index (χ0n) is 11.5. The van der Waals surface area contributed by atoms with E-state index in [1.54, 1.807) is 0 Å². The Morgan fingerprint density at radius 1 is 1.15 bits per heavy atom. The topological polar surface area (TPSA) is 82.6 Å². The van der Waals surface area contributed by atoms with Crippen molar-refractivity contribution in [3.63, 3.8) is 0 Å². The van der Waals surface area contributed by atoms with Crippen LogP contribution in [-0.2, 0) is 6.54 Å². The zero-order chi connectivity index (χ0) is 14.4. The van der Waals surface area contributed by atoms with Crippen molar-refractivity contribution in [2.75, 3.05) is 26.3 Å². The Labute approximate surface area is 117 Å². The summed E-state index contributed by atoms with van der Waals surface area (Å²) in [4.78, 5) is 1.85. The third-order valence-electron chi connectivity index (χ3n) is 2.92. The summed E-state index contributed by atoms with van der Waals surface area (Å²) in [5.41, 5.74) is 2.02. The molecule has 2 N–H and O–H groups in total. The Balaban J connectivity index is 2.08. The van der Waals surface area contributed by atoms with E-state index in [4.69, 9.17) is 14.6 Å². The summed E-state index contributed by atoms with van der Waals surface area (Å²) in [6, 6.07) is 7.85. The van der Waals surface area contributed by atoms with E-state index in [1.807, 2.05) is 36.1 Å². The number of aliphatic hydroxyl groups is 2. The van der Waals surface area contributed by atoms with E-state index in [9.17, 15) is 0 Å². The van der Waals surface area contributed by atoms with Crippen LogP contribution in [0.1, 0.15) is 11.5 Å². The number of aliphatic hydroxyl groups excluding tert-OH is 2. The minimum atomic E-state index is 0.0267. The van der Waals surface area contributed by atoms with Crippen LogP contribution in [0.2, 0.25) is 0 Å². The van der Waals surface area contributed by atoms with Crippen LogP contribution in [-0.4, -0.2) is 51.6 Å². The van der Waals surface area contributed by atoms with Crippen LogP contribution in [0.4, 0.5) is 0 Å². The van der Waals surface area contributed by atoms with Gasteiger partial charge in [0.2, 0.25) is 11.8 Å². The second kappa shape index (κ2) is 7.14. The van der Waals surface area contributed by atoms with Crippen molar-refractivity contribution in [2.45, 2.75) is 13.5 Å². The number of rotatable bonds is 7. The smallest absolute Gasteiger partial charge is 0.247 e. The van der Waals surface area contributed by atoms with Crippen LogP contribution in [0.25, 0.3) is 11.5 Å². The van der Waals surface area contributed by atoms with Crippen LogP contribution in [0, 0.1) is 6.92 Å². The maximum atomic E-state index is 8.97. The second-order valence-corrected chi connectivity index (χ2v) is 4.59. The highest BCUT2D eigenvalue weighted by molar-refractivity contribution is 5.53. The Hall–Kier alpha value is -1.76. The van der Waals surface area contributed by atoms with Crippen LogP contribution in [0.5, 0.6) is 0 Å². The van der Waals surface area contributed by atoms with Crippen LogP contribution >= 0.6 is 0 Å². The average molecular weight is 277 g/mol. The predicted octanol–water partition coefficient (Wildman–Crippen LogP) is 0.832. The number of aryl methyl sites for hydroxylation is 1. The number of nitrogens with zero attached hydrogens (tertiary/aromatic N) is 3. The van der Waals surface area contributed by atoms with Gasteiger partial charge in [0.05, 0.1) is 19.8 Å². The maximum absolute atomic E-state index is 8.97. The van der Waals surface area contributed by atoms with Gasteiger partial charge in [0.15, 0.2) is 0 Å². The lowest BCUT2D eigenvalue weighted by Crippen LogP contribution is -2.29. The molecule has 0 unspecified atom stereocenters. The molecule has 0 atom stereocenters. The fraction of sp³-hybridized carbons (Fsp3) is 0.429. The van der Waals surface area contributed by atoms with Gasteiger partial charge in [0.25, 0.3) is 0 Å². The summed E-state index contributed by atoms with van der Waals surface area (Å²) in [7, 11) is 0. The highest BCUT2D eigenvalue weighted by atomic mass is 16.4. The lowest BCUT2D eigenvalue weighted by atomic mass is 10.1. The molecule has 20 heavy (non-hydrogen) atoms. The van der Waals surface area contributed by atoms with Crippen LogP contribution < -0.4 is 0 Å². The maximum Gasteiger partial charge on any atom is 0.247 e. The van der Waals surface area contributed by atoms with E-state index in [-0.39, 0.29) is 13.2 Å². The van der Waals surface area contributed by atoms with Gasteiger partial charge in [-0.25, -0.2) is 0 Å². The molecule has 0 amide bonds. The van der Waals surface area contributed by atoms with Crippen LogP contribution in [0.3, 0.4) is 0 Å². The van der Waals surface area contributed by atoms with E-state index in [0.29, 0.717) is 31.4 Å². The summed E-state index contributed by atoms with van der Waals surface area (Å²) < 4.78 is 5.62. The lowest BCUT2D eigenvalue weighted by molar-refractivity contribution is 0.147. The minimum absolute atomic E-state index is 0.0267. The van der Waals surface area contributed by atoms with Gasteiger partial charge in [0, 0.05) is 18.7 Å². The van der Waals surface area contributed by atoms with Gasteiger partial charge in [-0.15, -0.1) is 10.2 Å². The van der Waals surface area contributed by atoms with Gasteiger partial charge in [-0.2, -0.15) is 0 Å². The molecule has 108 valence electrons. The first kappa shape index (κ1) is 14.6. The Bertz CT molecular complexity index is 536. The molecule has 1 aromatic heterocycles.